The van der Waals surface area contributed by atoms with Gasteiger partial charge in [-0.05, 0) is 18.2 Å². The smallest absolute Gasteiger partial charge is 0.250 e. The Hall–Kier alpha value is -1.88. The van der Waals surface area contributed by atoms with Gasteiger partial charge in [-0.3, -0.25) is 14.9 Å². The first-order chi connectivity index (χ1) is 6.79. The van der Waals surface area contributed by atoms with Crippen LogP contribution in [0.3, 0.4) is 0 Å². The third kappa shape index (κ3) is 2.13. The highest BCUT2D eigenvalue weighted by molar-refractivity contribution is 5.98. The lowest BCUT2D eigenvalue weighted by atomic mass is 10.1. The molecule has 0 atom stereocenters. The summed E-state index contributed by atoms with van der Waals surface area (Å²) in [5, 5.41) is 6.51. The van der Waals surface area contributed by atoms with Crippen molar-refractivity contribution in [3.8, 4) is 11.4 Å². The van der Waals surface area contributed by atoms with E-state index in [0.717, 1.165) is 0 Å². The van der Waals surface area contributed by atoms with E-state index in [-0.39, 0.29) is 12.4 Å². The largest absolute Gasteiger partial charge is 0.366 e. The van der Waals surface area contributed by atoms with Crippen LogP contribution in [0.5, 0.6) is 0 Å². The fourth-order valence-corrected chi connectivity index (χ4v) is 1.21. The molecule has 0 aliphatic heterocycles. The number of H-pyrrole nitrogens is 1. The zero-order chi connectivity index (χ0) is 9.97. The molecule has 0 aliphatic carbocycles. The maximum atomic E-state index is 11.1. The number of carbonyl (C=O) groups is 1. The molecule has 2 rings (SSSR count). The van der Waals surface area contributed by atoms with Crippen LogP contribution in [0.2, 0.25) is 0 Å². The number of aromatic nitrogens is 3. The standard InChI is InChI=1S/C9H8N4O.ClH/c10-9(14)6-2-1-4-11-8(6)7-3-5-12-13-7;/h1-5H,(H2,10,14)(H,12,13);1H. The highest BCUT2D eigenvalue weighted by Crippen LogP contribution is 2.17. The van der Waals surface area contributed by atoms with E-state index in [1.165, 1.54) is 0 Å². The molecule has 0 fully saturated rings. The molecule has 1 amide bonds. The average Bonchev–Trinajstić information content (AvgIpc) is 2.70. The van der Waals surface area contributed by atoms with Gasteiger partial charge in [-0.1, -0.05) is 0 Å². The molecular weight excluding hydrogens is 216 g/mol. The number of amides is 1. The van der Waals surface area contributed by atoms with Crippen molar-refractivity contribution in [1.29, 1.82) is 0 Å². The number of aromatic amines is 1. The van der Waals surface area contributed by atoms with Gasteiger partial charge in [0.15, 0.2) is 0 Å². The third-order valence-corrected chi connectivity index (χ3v) is 1.83. The van der Waals surface area contributed by atoms with Gasteiger partial charge in [-0.25, -0.2) is 0 Å². The van der Waals surface area contributed by atoms with Crippen molar-refractivity contribution in [2.75, 3.05) is 0 Å². The maximum absolute atomic E-state index is 11.1. The van der Waals surface area contributed by atoms with Crippen LogP contribution in [-0.4, -0.2) is 21.1 Å². The van der Waals surface area contributed by atoms with Gasteiger partial charge < -0.3 is 5.73 Å². The Labute approximate surface area is 92.1 Å². The van der Waals surface area contributed by atoms with Gasteiger partial charge in [0, 0.05) is 12.4 Å². The fourth-order valence-electron chi connectivity index (χ4n) is 1.21. The molecule has 0 aliphatic rings. The van der Waals surface area contributed by atoms with Gasteiger partial charge in [0.25, 0.3) is 5.91 Å². The molecule has 0 spiro atoms. The van der Waals surface area contributed by atoms with Gasteiger partial charge in [0.1, 0.15) is 5.69 Å². The van der Waals surface area contributed by atoms with Crippen LogP contribution in [-0.2, 0) is 0 Å². The predicted octanol–water partition coefficient (Wildman–Crippen LogP) is 0.992. The van der Waals surface area contributed by atoms with E-state index in [2.05, 4.69) is 15.2 Å². The Morgan fingerprint density at radius 2 is 2.13 bits per heavy atom. The summed E-state index contributed by atoms with van der Waals surface area (Å²) < 4.78 is 0. The molecule has 6 heteroatoms. The molecule has 0 radical (unpaired) electrons. The van der Waals surface area contributed by atoms with E-state index in [9.17, 15) is 4.79 Å². The molecule has 0 saturated carbocycles. The van der Waals surface area contributed by atoms with Crippen molar-refractivity contribution in [3.63, 3.8) is 0 Å². The molecule has 0 aromatic carbocycles. The summed E-state index contributed by atoms with van der Waals surface area (Å²) in [5.41, 5.74) is 6.80. The highest BCUT2D eigenvalue weighted by atomic mass is 35.5. The number of nitrogens with zero attached hydrogens (tertiary/aromatic N) is 2. The van der Waals surface area contributed by atoms with Crippen molar-refractivity contribution >= 4 is 18.3 Å². The zero-order valence-corrected chi connectivity index (χ0v) is 8.49. The molecule has 2 heterocycles. The zero-order valence-electron chi connectivity index (χ0n) is 7.68. The molecule has 0 unspecified atom stereocenters. The van der Waals surface area contributed by atoms with Crippen molar-refractivity contribution in [2.45, 2.75) is 0 Å². The Morgan fingerprint density at radius 3 is 2.73 bits per heavy atom. The number of pyridine rings is 1. The molecule has 5 nitrogen and oxygen atoms in total. The lowest BCUT2D eigenvalue weighted by molar-refractivity contribution is 0.100. The number of halogens is 1. The Bertz CT molecular complexity index is 455. The van der Waals surface area contributed by atoms with Crippen LogP contribution in [0, 0.1) is 0 Å². The van der Waals surface area contributed by atoms with Crippen molar-refractivity contribution in [1.82, 2.24) is 15.2 Å². The van der Waals surface area contributed by atoms with E-state index in [1.54, 1.807) is 30.6 Å². The van der Waals surface area contributed by atoms with E-state index in [0.29, 0.717) is 17.0 Å². The summed E-state index contributed by atoms with van der Waals surface area (Å²) in [6, 6.07) is 5.03. The van der Waals surface area contributed by atoms with E-state index in [1.807, 2.05) is 0 Å². The summed E-state index contributed by atoms with van der Waals surface area (Å²) in [7, 11) is 0. The molecule has 78 valence electrons. The topological polar surface area (TPSA) is 84.7 Å². The number of hydrogen-bond acceptors (Lipinski definition) is 3. The maximum Gasteiger partial charge on any atom is 0.250 e. The number of nitrogens with two attached hydrogens (primary N) is 1. The molecule has 15 heavy (non-hydrogen) atoms. The van der Waals surface area contributed by atoms with Crippen molar-refractivity contribution < 1.29 is 4.79 Å². The first-order valence-corrected chi connectivity index (χ1v) is 4.03. The number of carbonyl (C=O) groups excluding carboxylic acids is 1. The number of primary amides is 1. The summed E-state index contributed by atoms with van der Waals surface area (Å²) in [4.78, 5) is 15.1. The monoisotopic (exact) mass is 224 g/mol. The molecule has 0 bridgehead atoms. The molecule has 2 aromatic heterocycles. The van der Waals surface area contributed by atoms with E-state index < -0.39 is 5.91 Å². The van der Waals surface area contributed by atoms with Crippen LogP contribution in [0.15, 0.2) is 30.6 Å². The predicted molar refractivity (Wildman–Crippen MR) is 57.6 cm³/mol. The van der Waals surface area contributed by atoms with Crippen molar-refractivity contribution in [3.05, 3.63) is 36.2 Å². The van der Waals surface area contributed by atoms with E-state index in [4.69, 9.17) is 5.73 Å². The third-order valence-electron chi connectivity index (χ3n) is 1.83. The van der Waals surface area contributed by atoms with Gasteiger partial charge in [-0.15, -0.1) is 12.4 Å². The highest BCUT2D eigenvalue weighted by Gasteiger charge is 2.10. The molecule has 3 N–H and O–H groups in total. The van der Waals surface area contributed by atoms with Crippen LogP contribution in [0.4, 0.5) is 0 Å². The summed E-state index contributed by atoms with van der Waals surface area (Å²) in [6.07, 6.45) is 3.19. The minimum Gasteiger partial charge on any atom is -0.366 e. The average molecular weight is 225 g/mol. The van der Waals surface area contributed by atoms with Crippen LogP contribution < -0.4 is 5.73 Å². The second-order valence-corrected chi connectivity index (χ2v) is 2.73. The van der Waals surface area contributed by atoms with Crippen LogP contribution >= 0.6 is 12.4 Å². The van der Waals surface area contributed by atoms with Crippen molar-refractivity contribution in [2.24, 2.45) is 5.73 Å². The number of nitrogens with one attached hydrogen (secondary N) is 1. The first kappa shape index (κ1) is 11.2. The normalized spacial score (nSPS) is 9.33. The minimum atomic E-state index is -0.497. The van der Waals surface area contributed by atoms with E-state index >= 15 is 0 Å². The second-order valence-electron chi connectivity index (χ2n) is 2.73. The van der Waals surface area contributed by atoms with Gasteiger partial charge in [0.2, 0.25) is 0 Å². The van der Waals surface area contributed by atoms with Gasteiger partial charge in [0.05, 0.1) is 11.3 Å². The summed E-state index contributed by atoms with van der Waals surface area (Å²) >= 11 is 0. The van der Waals surface area contributed by atoms with Gasteiger partial charge >= 0.3 is 0 Å². The fraction of sp³-hybridized carbons (Fsp3) is 0. The minimum absolute atomic E-state index is 0. The number of hydrogen-bond donors (Lipinski definition) is 2. The van der Waals surface area contributed by atoms with Gasteiger partial charge in [-0.2, -0.15) is 5.10 Å². The first-order valence-electron chi connectivity index (χ1n) is 4.03. The quantitative estimate of drug-likeness (QED) is 0.798. The molecular formula is C9H9ClN4O. The SMILES string of the molecule is Cl.NC(=O)c1cccnc1-c1ccn[nH]1. The van der Waals surface area contributed by atoms with Crippen LogP contribution in [0.1, 0.15) is 10.4 Å². The lowest BCUT2D eigenvalue weighted by Crippen LogP contribution is -2.13. The lowest BCUT2D eigenvalue weighted by Gasteiger charge is -2.01. The van der Waals surface area contributed by atoms with Crippen LogP contribution in [0.25, 0.3) is 11.4 Å². The summed E-state index contributed by atoms with van der Waals surface area (Å²) in [6.45, 7) is 0. The second kappa shape index (κ2) is 4.56. The molecule has 0 saturated heterocycles. The summed E-state index contributed by atoms with van der Waals surface area (Å²) in [5.74, 6) is -0.497. The Morgan fingerprint density at radius 1 is 1.33 bits per heavy atom. The molecule has 2 aromatic rings. The Kier molecular flexibility index (Phi) is 3.41. The number of rotatable bonds is 2. The Balaban J connectivity index is 0.00000112.